The van der Waals surface area contributed by atoms with Gasteiger partial charge in [-0.05, 0) is 15.9 Å². The van der Waals surface area contributed by atoms with Gasteiger partial charge in [-0.2, -0.15) is 0 Å². The Kier molecular flexibility index (Phi) is 5.36. The Hall–Kier alpha value is 0.350. The third kappa shape index (κ3) is 3.85. The lowest BCUT2D eigenvalue weighted by Crippen LogP contribution is -1.77. The molecule has 0 bridgehead atoms. The third-order valence-electron chi connectivity index (χ3n) is 0.495. The van der Waals surface area contributed by atoms with Gasteiger partial charge in [-0.25, -0.2) is 4.98 Å². The first kappa shape index (κ1) is 9.35. The van der Waals surface area contributed by atoms with E-state index < -0.39 is 0 Å². The summed E-state index contributed by atoms with van der Waals surface area (Å²) in [5.74, 6) is 0. The second-order valence-corrected chi connectivity index (χ2v) is 3.44. The molecule has 1 heterocycles. The molecule has 0 saturated heterocycles. The quantitative estimate of drug-likeness (QED) is 0.759. The van der Waals surface area contributed by atoms with Crippen LogP contribution in [0.3, 0.4) is 0 Å². The van der Waals surface area contributed by atoms with Crippen molar-refractivity contribution in [1.82, 2.24) is 4.98 Å². The van der Waals surface area contributed by atoms with Crippen molar-refractivity contribution in [2.24, 2.45) is 0 Å². The highest BCUT2D eigenvalue weighted by molar-refractivity contribution is 9.11. The Morgan fingerprint density at radius 3 is 2.33 bits per heavy atom. The number of aromatic nitrogens is 1. The maximum atomic E-state index is 6.81. The lowest BCUT2D eigenvalue weighted by molar-refractivity contribution is 0.702. The van der Waals surface area contributed by atoms with Gasteiger partial charge in [0.25, 0.3) is 0 Å². The SMILES string of the molecule is Nc1ncc(Br)s1.OBr. The number of nitrogen functional groups attached to an aromatic ring is 1. The first-order valence-corrected chi connectivity index (χ1v) is 4.14. The number of hydrogen-bond acceptors (Lipinski definition) is 4. The van der Waals surface area contributed by atoms with Crippen LogP contribution in [0.15, 0.2) is 9.98 Å². The average Bonchev–Trinajstić information content (AvgIpc) is 2.20. The number of rotatable bonds is 0. The standard InChI is InChI=1S/C3H3BrN2S.BrHO/c4-2-1-6-3(5)7-2;1-2/h1H,(H2,5,6);2H. The summed E-state index contributed by atoms with van der Waals surface area (Å²) >= 11 is 6.57. The normalized spacial score (nSPS) is 7.89. The molecule has 6 heteroatoms. The predicted octanol–water partition coefficient (Wildman–Crippen LogP) is 1.78. The molecule has 0 spiro atoms. The molecule has 0 saturated carbocycles. The van der Waals surface area contributed by atoms with Crippen molar-refractivity contribution in [3.05, 3.63) is 9.98 Å². The molecule has 0 unspecified atom stereocenters. The summed E-state index contributed by atoms with van der Waals surface area (Å²) in [6.07, 6.45) is 1.68. The van der Waals surface area contributed by atoms with Crippen LogP contribution in [0.25, 0.3) is 0 Å². The maximum absolute atomic E-state index is 6.81. The molecule has 3 nitrogen and oxygen atoms in total. The van der Waals surface area contributed by atoms with Gasteiger partial charge in [-0.3, -0.25) is 0 Å². The van der Waals surface area contributed by atoms with Gasteiger partial charge in [0, 0.05) is 0 Å². The smallest absolute Gasteiger partial charge is 0.181 e. The molecule has 1 aromatic heterocycles. The van der Waals surface area contributed by atoms with Crippen LogP contribution in [-0.4, -0.2) is 9.18 Å². The van der Waals surface area contributed by atoms with E-state index in [0.717, 1.165) is 3.79 Å². The number of nitrogens with zero attached hydrogens (tertiary/aromatic N) is 1. The summed E-state index contributed by atoms with van der Waals surface area (Å²) in [6, 6.07) is 0. The van der Waals surface area contributed by atoms with Gasteiger partial charge in [0.05, 0.1) is 26.2 Å². The van der Waals surface area contributed by atoms with Crippen LogP contribution >= 0.6 is 43.5 Å². The Balaban J connectivity index is 0.000000291. The van der Waals surface area contributed by atoms with Crippen LogP contribution in [0.4, 0.5) is 5.13 Å². The zero-order chi connectivity index (χ0) is 7.28. The minimum Gasteiger partial charge on any atom is -0.375 e. The van der Waals surface area contributed by atoms with Crippen LogP contribution in [0.5, 0.6) is 0 Å². The largest absolute Gasteiger partial charge is 0.375 e. The van der Waals surface area contributed by atoms with Gasteiger partial charge in [-0.15, -0.1) is 0 Å². The zero-order valence-corrected chi connectivity index (χ0v) is 8.20. The Labute approximate surface area is 73.5 Å². The van der Waals surface area contributed by atoms with Gasteiger partial charge in [-0.1, -0.05) is 11.3 Å². The Morgan fingerprint density at radius 2 is 2.22 bits per heavy atom. The van der Waals surface area contributed by atoms with Crippen molar-refractivity contribution in [2.75, 3.05) is 5.73 Å². The van der Waals surface area contributed by atoms with Crippen LogP contribution in [0, 0.1) is 0 Å². The topological polar surface area (TPSA) is 59.1 Å². The van der Waals surface area contributed by atoms with Crippen molar-refractivity contribution in [2.45, 2.75) is 0 Å². The van der Waals surface area contributed by atoms with Crippen LogP contribution < -0.4 is 5.73 Å². The van der Waals surface area contributed by atoms with E-state index in [1.165, 1.54) is 11.3 Å². The van der Waals surface area contributed by atoms with E-state index >= 15 is 0 Å². The summed E-state index contributed by atoms with van der Waals surface area (Å²) in [4.78, 5) is 3.77. The molecule has 0 fully saturated rings. The summed E-state index contributed by atoms with van der Waals surface area (Å²) in [6.45, 7) is 0. The molecule has 0 aliphatic carbocycles. The Morgan fingerprint density at radius 1 is 1.67 bits per heavy atom. The van der Waals surface area contributed by atoms with E-state index in [-0.39, 0.29) is 0 Å². The number of nitrogens with two attached hydrogens (primary N) is 1. The lowest BCUT2D eigenvalue weighted by atomic mass is 11.0. The molecule has 0 amide bonds. The molecule has 0 aliphatic heterocycles. The molecule has 9 heavy (non-hydrogen) atoms. The van der Waals surface area contributed by atoms with E-state index in [4.69, 9.17) is 9.93 Å². The molecular formula is C3H4Br2N2OS. The number of hydrogen-bond donors (Lipinski definition) is 2. The molecule has 52 valence electrons. The van der Waals surface area contributed by atoms with E-state index in [1.807, 2.05) is 16.3 Å². The maximum Gasteiger partial charge on any atom is 0.181 e. The zero-order valence-electron chi connectivity index (χ0n) is 4.21. The highest BCUT2D eigenvalue weighted by Gasteiger charge is 1.88. The van der Waals surface area contributed by atoms with Crippen molar-refractivity contribution in [1.29, 1.82) is 0 Å². The molecule has 0 aliphatic rings. The van der Waals surface area contributed by atoms with Gasteiger partial charge in [0.1, 0.15) is 0 Å². The number of halogens is 2. The molecule has 0 aromatic carbocycles. The molecule has 0 atom stereocenters. The minimum absolute atomic E-state index is 0.604. The fourth-order valence-corrected chi connectivity index (χ4v) is 1.28. The first-order chi connectivity index (χ1) is 4.29. The fraction of sp³-hybridized carbons (Fsp3) is 0. The number of anilines is 1. The van der Waals surface area contributed by atoms with Crippen molar-refractivity contribution >= 4 is 48.7 Å². The van der Waals surface area contributed by atoms with Crippen LogP contribution in [0.2, 0.25) is 0 Å². The van der Waals surface area contributed by atoms with Crippen molar-refractivity contribution < 1.29 is 4.20 Å². The molecule has 3 N–H and O–H groups in total. The molecule has 1 aromatic rings. The third-order valence-corrected chi connectivity index (χ3v) is 1.80. The molecule has 0 radical (unpaired) electrons. The average molecular weight is 276 g/mol. The molecule has 1 rings (SSSR count). The first-order valence-electron chi connectivity index (χ1n) is 1.83. The van der Waals surface area contributed by atoms with Gasteiger partial charge >= 0.3 is 0 Å². The molecular weight excluding hydrogens is 272 g/mol. The van der Waals surface area contributed by atoms with E-state index in [2.05, 4.69) is 20.9 Å². The van der Waals surface area contributed by atoms with Gasteiger partial charge in [0.2, 0.25) is 0 Å². The van der Waals surface area contributed by atoms with E-state index in [1.54, 1.807) is 6.20 Å². The van der Waals surface area contributed by atoms with Gasteiger partial charge < -0.3 is 9.93 Å². The second kappa shape index (κ2) is 5.16. The van der Waals surface area contributed by atoms with E-state index in [9.17, 15) is 0 Å². The van der Waals surface area contributed by atoms with Gasteiger partial charge in [0.15, 0.2) is 5.13 Å². The summed E-state index contributed by atoms with van der Waals surface area (Å²) < 4.78 is 7.79. The minimum atomic E-state index is 0.604. The van der Waals surface area contributed by atoms with Crippen LogP contribution in [-0.2, 0) is 0 Å². The second-order valence-electron chi connectivity index (χ2n) is 1.00. The number of thiazole rings is 1. The van der Waals surface area contributed by atoms with Crippen molar-refractivity contribution in [3.63, 3.8) is 0 Å². The Bertz CT molecular complexity index is 152. The van der Waals surface area contributed by atoms with E-state index in [0.29, 0.717) is 5.13 Å². The van der Waals surface area contributed by atoms with Crippen LogP contribution in [0.1, 0.15) is 0 Å². The van der Waals surface area contributed by atoms with Crippen molar-refractivity contribution in [3.8, 4) is 0 Å². The predicted molar refractivity (Wildman–Crippen MR) is 45.4 cm³/mol. The summed E-state index contributed by atoms with van der Waals surface area (Å²) in [5, 5.41) is 0.604. The lowest BCUT2D eigenvalue weighted by Gasteiger charge is -1.69. The summed E-state index contributed by atoms with van der Waals surface area (Å²) in [7, 11) is 0. The monoisotopic (exact) mass is 274 g/mol. The summed E-state index contributed by atoms with van der Waals surface area (Å²) in [5.41, 5.74) is 5.26. The highest BCUT2D eigenvalue weighted by Crippen LogP contribution is 2.19. The fourth-order valence-electron chi connectivity index (χ4n) is 0.267. The highest BCUT2D eigenvalue weighted by atomic mass is 79.9.